The van der Waals surface area contributed by atoms with E-state index >= 15 is 0 Å². The van der Waals surface area contributed by atoms with Crippen molar-refractivity contribution in [2.45, 2.75) is 20.1 Å². The fourth-order valence-electron chi connectivity index (χ4n) is 2.93. The van der Waals surface area contributed by atoms with Crippen molar-refractivity contribution < 1.29 is 19.4 Å². The third-order valence-corrected chi connectivity index (χ3v) is 5.54. The van der Waals surface area contributed by atoms with Crippen LogP contribution < -0.4 is 14.8 Å². The molecule has 0 aliphatic carbocycles. The van der Waals surface area contributed by atoms with Crippen LogP contribution in [0.3, 0.4) is 0 Å². The van der Waals surface area contributed by atoms with Gasteiger partial charge in [0.25, 0.3) is 0 Å². The minimum atomic E-state index is -1.01. The van der Waals surface area contributed by atoms with E-state index < -0.39 is 5.97 Å². The van der Waals surface area contributed by atoms with E-state index in [9.17, 15) is 4.79 Å². The third kappa shape index (κ3) is 5.26. The van der Waals surface area contributed by atoms with Gasteiger partial charge in [-0.15, -0.1) is 0 Å². The SMILES string of the molecule is COc1cc(CNc2cc(C(=O)O)ccc2Cl)cc(Br)c1OCc1ccccc1C. The quantitative estimate of drug-likeness (QED) is 0.387. The second-order valence-electron chi connectivity index (χ2n) is 6.68. The van der Waals surface area contributed by atoms with Crippen molar-refractivity contribution in [3.05, 3.63) is 86.3 Å². The summed E-state index contributed by atoms with van der Waals surface area (Å²) in [6, 6.07) is 16.4. The summed E-state index contributed by atoms with van der Waals surface area (Å²) < 4.78 is 12.3. The van der Waals surface area contributed by atoms with Gasteiger partial charge in [-0.2, -0.15) is 0 Å². The lowest BCUT2D eigenvalue weighted by molar-refractivity contribution is 0.0697. The molecule has 0 radical (unpaired) electrons. The molecule has 156 valence electrons. The standard InChI is InChI=1S/C23H21BrClNO4/c1-14-5-3-4-6-17(14)13-30-22-18(24)9-15(10-21(22)29-2)12-26-20-11-16(23(27)28)7-8-19(20)25/h3-11,26H,12-13H2,1-2H3,(H,27,28). The molecule has 3 aromatic carbocycles. The highest BCUT2D eigenvalue weighted by Gasteiger charge is 2.13. The molecule has 0 spiro atoms. The molecule has 0 heterocycles. The predicted molar refractivity (Wildman–Crippen MR) is 122 cm³/mol. The van der Waals surface area contributed by atoms with Crippen molar-refractivity contribution in [1.29, 1.82) is 0 Å². The fraction of sp³-hybridized carbons (Fsp3) is 0.174. The molecule has 0 fully saturated rings. The summed E-state index contributed by atoms with van der Waals surface area (Å²) >= 11 is 9.75. The molecule has 0 aliphatic heterocycles. The molecular weight excluding hydrogens is 470 g/mol. The van der Waals surface area contributed by atoms with E-state index in [0.717, 1.165) is 21.2 Å². The van der Waals surface area contributed by atoms with Crippen molar-refractivity contribution in [1.82, 2.24) is 0 Å². The lowest BCUT2D eigenvalue weighted by Crippen LogP contribution is -2.04. The number of aryl methyl sites for hydroxylation is 1. The second-order valence-corrected chi connectivity index (χ2v) is 7.94. The molecule has 0 atom stereocenters. The molecule has 5 nitrogen and oxygen atoms in total. The number of carboxylic acids is 1. The van der Waals surface area contributed by atoms with Crippen LogP contribution in [-0.4, -0.2) is 18.2 Å². The van der Waals surface area contributed by atoms with Gasteiger partial charge in [0, 0.05) is 6.54 Å². The monoisotopic (exact) mass is 489 g/mol. The molecule has 0 amide bonds. The highest BCUT2D eigenvalue weighted by atomic mass is 79.9. The summed E-state index contributed by atoms with van der Waals surface area (Å²) in [5, 5.41) is 12.8. The van der Waals surface area contributed by atoms with E-state index in [1.807, 2.05) is 43.3 Å². The van der Waals surface area contributed by atoms with Crippen molar-refractivity contribution in [3.63, 3.8) is 0 Å². The van der Waals surface area contributed by atoms with Crippen LogP contribution in [0.2, 0.25) is 5.02 Å². The fourth-order valence-corrected chi connectivity index (χ4v) is 3.72. The van der Waals surface area contributed by atoms with Crippen LogP contribution in [0.5, 0.6) is 11.5 Å². The molecule has 0 aliphatic rings. The average Bonchev–Trinajstić information content (AvgIpc) is 2.72. The van der Waals surface area contributed by atoms with E-state index in [2.05, 4.69) is 21.2 Å². The molecule has 0 saturated carbocycles. The predicted octanol–water partition coefficient (Wildman–Crippen LogP) is 6.31. The number of ether oxygens (including phenoxy) is 2. The lowest BCUT2D eigenvalue weighted by Gasteiger charge is -2.16. The van der Waals surface area contributed by atoms with Crippen LogP contribution in [0.4, 0.5) is 5.69 Å². The Hall–Kier alpha value is -2.70. The minimum Gasteiger partial charge on any atom is -0.493 e. The van der Waals surface area contributed by atoms with Crippen LogP contribution in [0, 0.1) is 6.92 Å². The van der Waals surface area contributed by atoms with Crippen LogP contribution >= 0.6 is 27.5 Å². The Morgan fingerprint density at radius 1 is 1.17 bits per heavy atom. The van der Waals surface area contributed by atoms with E-state index in [1.165, 1.54) is 12.1 Å². The van der Waals surface area contributed by atoms with Crippen molar-refractivity contribution in [3.8, 4) is 11.5 Å². The van der Waals surface area contributed by atoms with Crippen molar-refractivity contribution in [2.75, 3.05) is 12.4 Å². The van der Waals surface area contributed by atoms with E-state index in [-0.39, 0.29) is 5.56 Å². The summed E-state index contributed by atoms with van der Waals surface area (Å²) in [4.78, 5) is 11.2. The zero-order chi connectivity index (χ0) is 21.7. The number of hydrogen-bond donors (Lipinski definition) is 2. The van der Waals surface area contributed by atoms with Gasteiger partial charge in [0.05, 0.1) is 27.9 Å². The molecule has 3 aromatic rings. The topological polar surface area (TPSA) is 67.8 Å². The second kappa shape index (κ2) is 9.87. The summed E-state index contributed by atoms with van der Waals surface area (Å²) in [5.74, 6) is 0.213. The number of rotatable bonds is 8. The van der Waals surface area contributed by atoms with Gasteiger partial charge in [-0.3, -0.25) is 0 Å². The van der Waals surface area contributed by atoms with Gasteiger partial charge in [-0.1, -0.05) is 35.9 Å². The number of halogens is 2. The molecule has 2 N–H and O–H groups in total. The van der Waals surface area contributed by atoms with Gasteiger partial charge >= 0.3 is 5.97 Å². The summed E-state index contributed by atoms with van der Waals surface area (Å²) in [6.45, 7) is 2.90. The largest absolute Gasteiger partial charge is 0.493 e. The maximum atomic E-state index is 11.2. The van der Waals surface area contributed by atoms with Crippen LogP contribution in [-0.2, 0) is 13.2 Å². The molecule has 0 bridgehead atoms. The average molecular weight is 491 g/mol. The van der Waals surface area contributed by atoms with Crippen LogP contribution in [0.1, 0.15) is 27.0 Å². The Balaban J connectivity index is 1.76. The van der Waals surface area contributed by atoms with Crippen LogP contribution in [0.25, 0.3) is 0 Å². The number of nitrogens with one attached hydrogen (secondary N) is 1. The van der Waals surface area contributed by atoms with Gasteiger partial charge in [0.15, 0.2) is 11.5 Å². The van der Waals surface area contributed by atoms with E-state index in [0.29, 0.717) is 35.4 Å². The summed E-state index contributed by atoms with van der Waals surface area (Å²) in [6.07, 6.45) is 0. The highest BCUT2D eigenvalue weighted by Crippen LogP contribution is 2.37. The third-order valence-electron chi connectivity index (χ3n) is 4.62. The van der Waals surface area contributed by atoms with Crippen LogP contribution in [0.15, 0.2) is 59.1 Å². The van der Waals surface area contributed by atoms with Gasteiger partial charge < -0.3 is 19.9 Å². The van der Waals surface area contributed by atoms with Crippen molar-refractivity contribution >= 4 is 39.2 Å². The molecule has 0 saturated heterocycles. The summed E-state index contributed by atoms with van der Waals surface area (Å²) in [7, 11) is 1.59. The number of methoxy groups -OCH3 is 1. The van der Waals surface area contributed by atoms with Crippen molar-refractivity contribution in [2.24, 2.45) is 0 Å². The Bertz CT molecular complexity index is 1070. The summed E-state index contributed by atoms with van der Waals surface area (Å²) in [5.41, 5.74) is 3.89. The Kier molecular flexibility index (Phi) is 7.24. The van der Waals surface area contributed by atoms with Gasteiger partial charge in [0.1, 0.15) is 6.61 Å². The molecule has 30 heavy (non-hydrogen) atoms. The van der Waals surface area contributed by atoms with Gasteiger partial charge in [-0.05, 0) is 69.9 Å². The molecule has 0 aromatic heterocycles. The van der Waals surface area contributed by atoms with E-state index in [1.54, 1.807) is 13.2 Å². The number of carbonyl (C=O) groups is 1. The lowest BCUT2D eigenvalue weighted by atomic mass is 10.1. The first-order valence-electron chi connectivity index (χ1n) is 9.19. The Morgan fingerprint density at radius 3 is 2.63 bits per heavy atom. The van der Waals surface area contributed by atoms with E-state index in [4.69, 9.17) is 26.2 Å². The maximum Gasteiger partial charge on any atom is 0.335 e. The zero-order valence-electron chi connectivity index (χ0n) is 16.5. The normalized spacial score (nSPS) is 10.5. The Labute approximate surface area is 188 Å². The zero-order valence-corrected chi connectivity index (χ0v) is 18.9. The first-order chi connectivity index (χ1) is 14.4. The molecule has 0 unspecified atom stereocenters. The Morgan fingerprint density at radius 2 is 1.93 bits per heavy atom. The number of hydrogen-bond acceptors (Lipinski definition) is 4. The highest BCUT2D eigenvalue weighted by molar-refractivity contribution is 9.10. The van der Waals surface area contributed by atoms with Gasteiger partial charge in [0.2, 0.25) is 0 Å². The maximum absolute atomic E-state index is 11.2. The first kappa shape index (κ1) is 22.0. The molecule has 3 rings (SSSR count). The number of anilines is 1. The molecular formula is C23H21BrClNO4. The molecule has 7 heteroatoms. The smallest absolute Gasteiger partial charge is 0.335 e. The van der Waals surface area contributed by atoms with Gasteiger partial charge in [-0.25, -0.2) is 4.79 Å². The first-order valence-corrected chi connectivity index (χ1v) is 10.4. The number of benzene rings is 3. The number of aromatic carboxylic acids is 1. The number of carboxylic acid groups (broad SMARTS) is 1. The minimum absolute atomic E-state index is 0.167.